The number of hydrogen-bond donors (Lipinski definition) is 1. The topological polar surface area (TPSA) is 96.3 Å². The second-order valence-corrected chi connectivity index (χ2v) is 5.56. The Kier molecular flexibility index (Phi) is 2.87. The number of nitrogen functional groups attached to an aromatic ring is 1. The first kappa shape index (κ1) is 13.8. The molecule has 3 aromatic heterocycles. The van der Waals surface area contributed by atoms with Crippen molar-refractivity contribution < 1.29 is 13.9 Å². The quantitative estimate of drug-likeness (QED) is 0.602. The molecule has 4 aromatic rings. The maximum atomic E-state index is 6.11. The van der Waals surface area contributed by atoms with Crippen molar-refractivity contribution in [3.05, 3.63) is 49.0 Å². The van der Waals surface area contributed by atoms with Gasteiger partial charge in [-0.15, -0.1) is 0 Å². The molecule has 0 atom stereocenters. The van der Waals surface area contributed by atoms with E-state index in [4.69, 9.17) is 19.6 Å². The van der Waals surface area contributed by atoms with E-state index in [1.165, 1.54) is 6.33 Å². The van der Waals surface area contributed by atoms with Gasteiger partial charge in [-0.3, -0.25) is 0 Å². The number of nitrogens with zero attached hydrogens (tertiary/aromatic N) is 3. The minimum atomic E-state index is 0.221. The average molecular weight is 332 g/mol. The van der Waals surface area contributed by atoms with Gasteiger partial charge in [0.25, 0.3) is 0 Å². The van der Waals surface area contributed by atoms with Crippen molar-refractivity contribution in [2.24, 2.45) is 0 Å². The Hall–Kier alpha value is -3.61. The molecule has 0 aliphatic carbocycles. The van der Waals surface area contributed by atoms with E-state index in [1.54, 1.807) is 6.26 Å². The average Bonchev–Trinajstić information content (AvgIpc) is 3.32. The van der Waals surface area contributed by atoms with Crippen molar-refractivity contribution in [2.45, 2.75) is 0 Å². The van der Waals surface area contributed by atoms with Crippen molar-refractivity contribution in [3.8, 4) is 34.1 Å². The summed E-state index contributed by atoms with van der Waals surface area (Å²) >= 11 is 0. The Balaban J connectivity index is 1.81. The highest BCUT2D eigenvalue weighted by atomic mass is 16.7. The van der Waals surface area contributed by atoms with E-state index in [2.05, 4.69) is 15.0 Å². The summed E-state index contributed by atoms with van der Waals surface area (Å²) in [6.45, 7) is 0.221. The third-order valence-corrected chi connectivity index (χ3v) is 4.09. The lowest BCUT2D eigenvalue weighted by Crippen LogP contribution is -1.98. The second-order valence-electron chi connectivity index (χ2n) is 5.56. The zero-order valence-corrected chi connectivity index (χ0v) is 13.0. The molecule has 0 saturated heterocycles. The molecule has 0 fully saturated rings. The van der Waals surface area contributed by atoms with Crippen LogP contribution in [0.5, 0.6) is 11.5 Å². The molecule has 0 amide bonds. The first-order chi connectivity index (χ1) is 12.3. The third kappa shape index (κ3) is 2.17. The van der Waals surface area contributed by atoms with Gasteiger partial charge in [-0.25, -0.2) is 15.0 Å². The predicted molar refractivity (Wildman–Crippen MR) is 91.0 cm³/mol. The van der Waals surface area contributed by atoms with Crippen molar-refractivity contribution in [3.63, 3.8) is 0 Å². The molecule has 7 heteroatoms. The maximum Gasteiger partial charge on any atom is 0.231 e. The van der Waals surface area contributed by atoms with Crippen LogP contribution in [0.25, 0.3) is 33.6 Å². The van der Waals surface area contributed by atoms with E-state index in [0.717, 1.165) is 16.9 Å². The molecule has 2 N–H and O–H groups in total. The highest BCUT2D eigenvalue weighted by Crippen LogP contribution is 2.39. The van der Waals surface area contributed by atoms with Gasteiger partial charge in [0.2, 0.25) is 6.79 Å². The van der Waals surface area contributed by atoms with Gasteiger partial charge in [-0.05, 0) is 41.5 Å². The second kappa shape index (κ2) is 5.20. The molecule has 122 valence electrons. The smallest absolute Gasteiger partial charge is 0.231 e. The minimum Gasteiger partial charge on any atom is -0.463 e. The number of nitrogens with two attached hydrogens (primary N) is 1. The first-order valence-electron chi connectivity index (χ1n) is 7.65. The highest BCUT2D eigenvalue weighted by Gasteiger charge is 2.18. The van der Waals surface area contributed by atoms with E-state index in [9.17, 15) is 0 Å². The Morgan fingerprint density at radius 1 is 1.00 bits per heavy atom. The molecule has 1 aromatic carbocycles. The number of pyridine rings is 1. The zero-order valence-electron chi connectivity index (χ0n) is 13.0. The fourth-order valence-electron chi connectivity index (χ4n) is 2.93. The molecule has 0 unspecified atom stereocenters. The Morgan fingerprint density at radius 2 is 1.92 bits per heavy atom. The molecule has 0 radical (unpaired) electrons. The standard InChI is InChI=1S/C18H12N4O3/c19-17-16-11(10-3-4-14-15(6-10)25-9-24-14)7-12(13-2-1-5-23-13)22-18(16)21-8-20-17/h1-8H,9H2,(H2,19,20,21,22). The lowest BCUT2D eigenvalue weighted by Gasteiger charge is -2.10. The van der Waals surface area contributed by atoms with Gasteiger partial charge >= 0.3 is 0 Å². The maximum absolute atomic E-state index is 6.11. The normalized spacial score (nSPS) is 12.6. The van der Waals surface area contributed by atoms with Crippen LogP contribution in [0, 0.1) is 0 Å². The van der Waals surface area contributed by atoms with E-state index >= 15 is 0 Å². The summed E-state index contributed by atoms with van der Waals surface area (Å²) in [4.78, 5) is 12.9. The summed E-state index contributed by atoms with van der Waals surface area (Å²) in [5.41, 5.74) is 9.05. The number of fused-ring (bicyclic) bond motifs is 2. The molecule has 1 aliphatic rings. The molecular weight excluding hydrogens is 320 g/mol. The summed E-state index contributed by atoms with van der Waals surface area (Å²) in [7, 11) is 0. The van der Waals surface area contributed by atoms with Gasteiger partial charge in [-0.2, -0.15) is 0 Å². The van der Waals surface area contributed by atoms with Gasteiger partial charge in [0.05, 0.1) is 11.6 Å². The van der Waals surface area contributed by atoms with Gasteiger partial charge < -0.3 is 19.6 Å². The molecule has 7 nitrogen and oxygen atoms in total. The largest absolute Gasteiger partial charge is 0.463 e. The van der Waals surface area contributed by atoms with Crippen molar-refractivity contribution in [2.75, 3.05) is 12.5 Å². The fourth-order valence-corrected chi connectivity index (χ4v) is 2.93. The van der Waals surface area contributed by atoms with Crippen LogP contribution < -0.4 is 15.2 Å². The van der Waals surface area contributed by atoms with Crippen molar-refractivity contribution in [1.29, 1.82) is 0 Å². The van der Waals surface area contributed by atoms with Crippen LogP contribution >= 0.6 is 0 Å². The number of hydrogen-bond acceptors (Lipinski definition) is 7. The number of furan rings is 1. The molecule has 4 heterocycles. The van der Waals surface area contributed by atoms with Gasteiger partial charge in [-0.1, -0.05) is 6.07 Å². The van der Waals surface area contributed by atoms with Crippen LogP contribution in [-0.4, -0.2) is 21.7 Å². The number of ether oxygens (including phenoxy) is 2. The zero-order chi connectivity index (χ0) is 16.8. The highest BCUT2D eigenvalue weighted by molar-refractivity contribution is 6.01. The number of aromatic nitrogens is 3. The summed E-state index contributed by atoms with van der Waals surface area (Å²) in [6, 6.07) is 11.3. The summed E-state index contributed by atoms with van der Waals surface area (Å²) in [5.74, 6) is 2.44. The Labute approximate surface area is 142 Å². The van der Waals surface area contributed by atoms with Gasteiger partial charge in [0.15, 0.2) is 22.9 Å². The van der Waals surface area contributed by atoms with E-state index in [0.29, 0.717) is 34.1 Å². The van der Waals surface area contributed by atoms with Crippen LogP contribution in [0.4, 0.5) is 5.82 Å². The molecule has 25 heavy (non-hydrogen) atoms. The van der Waals surface area contributed by atoms with E-state index in [1.807, 2.05) is 36.4 Å². The summed E-state index contributed by atoms with van der Waals surface area (Å²) < 4.78 is 16.4. The van der Waals surface area contributed by atoms with Gasteiger partial charge in [0, 0.05) is 0 Å². The van der Waals surface area contributed by atoms with Crippen LogP contribution in [-0.2, 0) is 0 Å². The third-order valence-electron chi connectivity index (χ3n) is 4.09. The van der Waals surface area contributed by atoms with Crippen LogP contribution in [0.15, 0.2) is 53.4 Å². The molecule has 5 rings (SSSR count). The summed E-state index contributed by atoms with van der Waals surface area (Å²) in [5, 5.41) is 0.691. The molecule has 0 bridgehead atoms. The van der Waals surface area contributed by atoms with Crippen LogP contribution in [0.1, 0.15) is 0 Å². The SMILES string of the molecule is Nc1ncnc2nc(-c3ccco3)cc(-c3ccc4c(c3)OCO4)c12. The number of anilines is 1. The lowest BCUT2D eigenvalue weighted by molar-refractivity contribution is 0.174. The molecule has 0 saturated carbocycles. The molecule has 1 aliphatic heterocycles. The Morgan fingerprint density at radius 3 is 2.80 bits per heavy atom. The van der Waals surface area contributed by atoms with Gasteiger partial charge in [0.1, 0.15) is 17.8 Å². The van der Waals surface area contributed by atoms with E-state index < -0.39 is 0 Å². The lowest BCUT2D eigenvalue weighted by atomic mass is 10.0. The minimum absolute atomic E-state index is 0.221. The predicted octanol–water partition coefficient (Wildman–Crippen LogP) is 3.26. The number of rotatable bonds is 2. The van der Waals surface area contributed by atoms with Crippen molar-refractivity contribution >= 4 is 16.9 Å². The fraction of sp³-hybridized carbons (Fsp3) is 0.0556. The van der Waals surface area contributed by atoms with Crippen molar-refractivity contribution in [1.82, 2.24) is 15.0 Å². The molecule has 0 spiro atoms. The first-order valence-corrected chi connectivity index (χ1v) is 7.65. The van der Waals surface area contributed by atoms with Crippen LogP contribution in [0.3, 0.4) is 0 Å². The number of benzene rings is 1. The molecular formula is C18H12N4O3. The monoisotopic (exact) mass is 332 g/mol. The summed E-state index contributed by atoms with van der Waals surface area (Å²) in [6.07, 6.45) is 3.01. The van der Waals surface area contributed by atoms with Crippen LogP contribution in [0.2, 0.25) is 0 Å². The van der Waals surface area contributed by atoms with E-state index in [-0.39, 0.29) is 6.79 Å². The Bertz CT molecular complexity index is 1090.